The van der Waals surface area contributed by atoms with E-state index < -0.39 is 0 Å². The topological polar surface area (TPSA) is 20.3 Å². The van der Waals surface area contributed by atoms with Crippen LogP contribution < -0.4 is 0 Å². The second-order valence-electron chi connectivity index (χ2n) is 4.86. The summed E-state index contributed by atoms with van der Waals surface area (Å²) in [5, 5.41) is 0.284. The fourth-order valence-corrected chi connectivity index (χ4v) is 3.65. The molecule has 0 N–H and O–H groups in total. The predicted molar refractivity (Wildman–Crippen MR) is 65.1 cm³/mol. The highest BCUT2D eigenvalue weighted by atomic mass is 32.2. The minimum Gasteiger partial charge on any atom is -0.342 e. The molecule has 2 heterocycles. The first kappa shape index (κ1) is 11.3. The van der Waals surface area contributed by atoms with Crippen LogP contribution in [0.2, 0.25) is 0 Å². The van der Waals surface area contributed by atoms with Gasteiger partial charge in [-0.15, -0.1) is 11.8 Å². The molecule has 1 unspecified atom stereocenters. The van der Waals surface area contributed by atoms with Crippen molar-refractivity contribution in [3.8, 4) is 0 Å². The van der Waals surface area contributed by atoms with Crippen LogP contribution in [0.4, 0.5) is 0 Å². The predicted octanol–water partition coefficient (Wildman–Crippen LogP) is 2.53. The zero-order valence-corrected chi connectivity index (χ0v) is 10.4. The number of hydrogen-bond donors (Lipinski definition) is 0. The molecule has 0 aromatic heterocycles. The molecule has 0 bridgehead atoms. The van der Waals surface area contributed by atoms with Crippen molar-refractivity contribution in [2.45, 2.75) is 44.3 Å². The number of hydrogen-bond acceptors (Lipinski definition) is 2. The van der Waals surface area contributed by atoms with Crippen LogP contribution in [-0.2, 0) is 4.79 Å². The maximum absolute atomic E-state index is 12.2. The van der Waals surface area contributed by atoms with Gasteiger partial charge < -0.3 is 4.90 Å². The highest BCUT2D eigenvalue weighted by molar-refractivity contribution is 8.00. The minimum absolute atomic E-state index is 0.284. The lowest BCUT2D eigenvalue weighted by Gasteiger charge is -2.33. The summed E-state index contributed by atoms with van der Waals surface area (Å²) < 4.78 is 0. The third-order valence-corrected chi connectivity index (χ3v) is 4.91. The summed E-state index contributed by atoms with van der Waals surface area (Å²) in [6, 6.07) is 0. The average Bonchev–Trinajstić information content (AvgIpc) is 2.30. The average molecular weight is 227 g/mol. The minimum atomic E-state index is 0.284. The Morgan fingerprint density at radius 3 is 2.53 bits per heavy atom. The lowest BCUT2D eigenvalue weighted by Crippen LogP contribution is -2.43. The van der Waals surface area contributed by atoms with Crippen LogP contribution in [0, 0.1) is 5.92 Å². The molecule has 0 aromatic rings. The first-order chi connectivity index (χ1) is 7.27. The van der Waals surface area contributed by atoms with Gasteiger partial charge in [0.05, 0.1) is 5.25 Å². The molecule has 2 aliphatic rings. The van der Waals surface area contributed by atoms with Gasteiger partial charge in [0.1, 0.15) is 0 Å². The second kappa shape index (κ2) is 5.24. The number of amides is 1. The second-order valence-corrected chi connectivity index (χ2v) is 6.17. The number of rotatable bonds is 1. The third kappa shape index (κ3) is 2.90. The summed E-state index contributed by atoms with van der Waals surface area (Å²) >= 11 is 1.87. The Kier molecular flexibility index (Phi) is 3.95. The van der Waals surface area contributed by atoms with E-state index in [4.69, 9.17) is 0 Å². The van der Waals surface area contributed by atoms with Gasteiger partial charge in [-0.25, -0.2) is 0 Å². The van der Waals surface area contributed by atoms with E-state index >= 15 is 0 Å². The molecule has 0 radical (unpaired) electrons. The normalized spacial score (nSPS) is 29.1. The van der Waals surface area contributed by atoms with Gasteiger partial charge in [0.2, 0.25) is 5.91 Å². The Balaban J connectivity index is 1.84. The molecule has 0 aliphatic carbocycles. The van der Waals surface area contributed by atoms with Crippen LogP contribution in [0.25, 0.3) is 0 Å². The van der Waals surface area contributed by atoms with Crippen molar-refractivity contribution >= 4 is 17.7 Å². The molecule has 15 heavy (non-hydrogen) atoms. The Hall–Kier alpha value is -0.180. The summed E-state index contributed by atoms with van der Waals surface area (Å²) in [6.45, 7) is 4.28. The molecule has 0 spiro atoms. The van der Waals surface area contributed by atoms with Crippen LogP contribution in [0.3, 0.4) is 0 Å². The zero-order chi connectivity index (χ0) is 10.7. The molecule has 2 nitrogen and oxygen atoms in total. The van der Waals surface area contributed by atoms with E-state index in [1.54, 1.807) is 0 Å². The SMILES string of the molecule is CC1CCN(C(=O)C2CCCCS2)CC1. The van der Waals surface area contributed by atoms with Gasteiger partial charge in [-0.1, -0.05) is 13.3 Å². The van der Waals surface area contributed by atoms with E-state index in [1.807, 2.05) is 11.8 Å². The standard InChI is InChI=1S/C12H21NOS/c1-10-5-7-13(8-6-10)12(14)11-4-2-3-9-15-11/h10-11H,2-9H2,1H3. The number of thioether (sulfide) groups is 1. The maximum atomic E-state index is 12.2. The largest absolute Gasteiger partial charge is 0.342 e. The summed E-state index contributed by atoms with van der Waals surface area (Å²) in [5.41, 5.74) is 0. The van der Waals surface area contributed by atoms with Crippen molar-refractivity contribution in [1.82, 2.24) is 4.90 Å². The Morgan fingerprint density at radius 2 is 1.93 bits per heavy atom. The highest BCUT2D eigenvalue weighted by Crippen LogP contribution is 2.28. The van der Waals surface area contributed by atoms with Gasteiger partial charge in [-0.2, -0.15) is 0 Å². The zero-order valence-electron chi connectivity index (χ0n) is 9.58. The van der Waals surface area contributed by atoms with E-state index in [-0.39, 0.29) is 5.25 Å². The summed E-state index contributed by atoms with van der Waals surface area (Å²) in [7, 11) is 0. The quantitative estimate of drug-likeness (QED) is 0.686. The van der Waals surface area contributed by atoms with Crippen molar-refractivity contribution in [2.24, 2.45) is 5.92 Å². The molecule has 3 heteroatoms. The van der Waals surface area contributed by atoms with Crippen molar-refractivity contribution in [3.05, 3.63) is 0 Å². The molecule has 0 saturated carbocycles. The van der Waals surface area contributed by atoms with Crippen molar-refractivity contribution in [3.63, 3.8) is 0 Å². The van der Waals surface area contributed by atoms with Crippen molar-refractivity contribution < 1.29 is 4.79 Å². The number of piperidine rings is 1. The van der Waals surface area contributed by atoms with E-state index in [1.165, 1.54) is 31.4 Å². The van der Waals surface area contributed by atoms with Crippen molar-refractivity contribution in [1.29, 1.82) is 0 Å². The van der Waals surface area contributed by atoms with Gasteiger partial charge in [-0.05, 0) is 37.4 Å². The van der Waals surface area contributed by atoms with Crippen LogP contribution in [-0.4, -0.2) is 34.9 Å². The number of nitrogens with zero attached hydrogens (tertiary/aromatic N) is 1. The lowest BCUT2D eigenvalue weighted by molar-refractivity contribution is -0.132. The number of carbonyl (C=O) groups is 1. The van der Waals surface area contributed by atoms with Gasteiger partial charge in [0, 0.05) is 13.1 Å². The van der Waals surface area contributed by atoms with Gasteiger partial charge in [0.15, 0.2) is 0 Å². The molecular formula is C12H21NOS. The van der Waals surface area contributed by atoms with E-state index in [0.29, 0.717) is 5.91 Å². The lowest BCUT2D eigenvalue weighted by atomic mass is 9.99. The first-order valence-electron chi connectivity index (χ1n) is 6.18. The van der Waals surface area contributed by atoms with Crippen LogP contribution in [0.15, 0.2) is 0 Å². The molecule has 2 fully saturated rings. The summed E-state index contributed by atoms with van der Waals surface area (Å²) in [4.78, 5) is 14.3. The molecule has 2 saturated heterocycles. The Morgan fingerprint density at radius 1 is 1.20 bits per heavy atom. The maximum Gasteiger partial charge on any atom is 0.235 e. The van der Waals surface area contributed by atoms with Crippen LogP contribution in [0.5, 0.6) is 0 Å². The van der Waals surface area contributed by atoms with Gasteiger partial charge in [-0.3, -0.25) is 4.79 Å². The fourth-order valence-electron chi connectivity index (χ4n) is 2.37. The first-order valence-corrected chi connectivity index (χ1v) is 7.22. The molecule has 2 rings (SSSR count). The smallest absolute Gasteiger partial charge is 0.235 e. The van der Waals surface area contributed by atoms with E-state index in [0.717, 1.165) is 25.4 Å². The molecular weight excluding hydrogens is 206 g/mol. The molecule has 0 aromatic carbocycles. The monoisotopic (exact) mass is 227 g/mol. The molecule has 2 aliphatic heterocycles. The molecule has 86 valence electrons. The number of likely N-dealkylation sites (tertiary alicyclic amines) is 1. The highest BCUT2D eigenvalue weighted by Gasteiger charge is 2.28. The third-order valence-electron chi connectivity index (χ3n) is 3.55. The molecule has 1 atom stereocenters. The van der Waals surface area contributed by atoms with Gasteiger partial charge >= 0.3 is 0 Å². The Labute approximate surface area is 96.8 Å². The Bertz CT molecular complexity index is 218. The van der Waals surface area contributed by atoms with Crippen molar-refractivity contribution in [2.75, 3.05) is 18.8 Å². The van der Waals surface area contributed by atoms with Gasteiger partial charge in [0.25, 0.3) is 0 Å². The summed E-state index contributed by atoms with van der Waals surface area (Å²) in [6.07, 6.45) is 6.04. The van der Waals surface area contributed by atoms with E-state index in [9.17, 15) is 4.79 Å². The number of carbonyl (C=O) groups excluding carboxylic acids is 1. The van der Waals surface area contributed by atoms with E-state index in [2.05, 4.69) is 11.8 Å². The fraction of sp³-hybridized carbons (Fsp3) is 0.917. The van der Waals surface area contributed by atoms with Crippen LogP contribution >= 0.6 is 11.8 Å². The molecule has 1 amide bonds. The summed E-state index contributed by atoms with van der Waals surface area (Å²) in [5.74, 6) is 2.42. The van der Waals surface area contributed by atoms with Crippen LogP contribution in [0.1, 0.15) is 39.0 Å².